The fraction of sp³-hybridized carbons (Fsp3) is 0.588. The Bertz CT molecular complexity index is 421. The van der Waals surface area contributed by atoms with Crippen molar-refractivity contribution in [2.45, 2.75) is 46.5 Å². The van der Waals surface area contributed by atoms with Gasteiger partial charge in [-0.3, -0.25) is 4.79 Å². The third-order valence-corrected chi connectivity index (χ3v) is 4.51. The van der Waals surface area contributed by atoms with Gasteiger partial charge < -0.3 is 0 Å². The number of carbonyl (C=O) groups excluding carboxylic acids is 1. The van der Waals surface area contributed by atoms with Gasteiger partial charge in [0.15, 0.2) is 0 Å². The first-order valence-corrected chi connectivity index (χ1v) is 7.14. The van der Waals surface area contributed by atoms with Crippen molar-refractivity contribution in [3.63, 3.8) is 0 Å². The van der Waals surface area contributed by atoms with Crippen LogP contribution in [0.25, 0.3) is 0 Å². The molecule has 1 aliphatic carbocycles. The predicted octanol–water partition coefficient (Wildman–Crippen LogP) is 4.18. The van der Waals surface area contributed by atoms with E-state index in [0.29, 0.717) is 24.0 Å². The molecule has 0 N–H and O–H groups in total. The largest absolute Gasteiger partial charge is 0.299 e. The minimum atomic E-state index is 0.303. The minimum absolute atomic E-state index is 0.303. The molecule has 18 heavy (non-hydrogen) atoms. The summed E-state index contributed by atoms with van der Waals surface area (Å²) < 4.78 is 0. The van der Waals surface area contributed by atoms with Crippen LogP contribution in [0.1, 0.15) is 44.2 Å². The van der Waals surface area contributed by atoms with Crippen molar-refractivity contribution >= 4 is 5.78 Å². The van der Waals surface area contributed by atoms with Crippen LogP contribution in [-0.2, 0) is 11.2 Å². The fourth-order valence-corrected chi connectivity index (χ4v) is 3.01. The zero-order valence-corrected chi connectivity index (χ0v) is 11.8. The van der Waals surface area contributed by atoms with Gasteiger partial charge in [-0.25, -0.2) is 0 Å². The Kier molecular flexibility index (Phi) is 4.21. The standard InChI is InChI=1S/C17H24O/c1-12-5-4-6-15(9-12)11-17(18)16-8-7-13(2)14(3)10-16/h4-6,9,13-14,16H,7-8,10-11H2,1-3H3. The zero-order valence-electron chi connectivity index (χ0n) is 11.8. The molecule has 2 rings (SSSR count). The maximum atomic E-state index is 12.3. The number of hydrogen-bond acceptors (Lipinski definition) is 1. The molecule has 1 fully saturated rings. The van der Waals surface area contributed by atoms with E-state index in [1.807, 2.05) is 6.07 Å². The predicted molar refractivity (Wildman–Crippen MR) is 75.6 cm³/mol. The Balaban J connectivity index is 1.96. The highest BCUT2D eigenvalue weighted by Gasteiger charge is 2.28. The maximum absolute atomic E-state index is 12.3. The van der Waals surface area contributed by atoms with Crippen LogP contribution in [0.3, 0.4) is 0 Å². The van der Waals surface area contributed by atoms with E-state index in [9.17, 15) is 4.79 Å². The van der Waals surface area contributed by atoms with Crippen molar-refractivity contribution < 1.29 is 4.79 Å². The first kappa shape index (κ1) is 13.3. The van der Waals surface area contributed by atoms with E-state index < -0.39 is 0 Å². The molecule has 0 aromatic heterocycles. The smallest absolute Gasteiger partial charge is 0.140 e. The molecule has 98 valence electrons. The molecule has 0 aliphatic heterocycles. The number of hydrogen-bond donors (Lipinski definition) is 0. The van der Waals surface area contributed by atoms with Gasteiger partial charge >= 0.3 is 0 Å². The van der Waals surface area contributed by atoms with Crippen LogP contribution in [0.2, 0.25) is 0 Å². The summed E-state index contributed by atoms with van der Waals surface area (Å²) in [6.45, 7) is 6.68. The molecule has 1 aromatic rings. The number of rotatable bonds is 3. The Labute approximate surface area is 111 Å². The summed E-state index contributed by atoms with van der Waals surface area (Å²) in [7, 11) is 0. The van der Waals surface area contributed by atoms with E-state index in [1.165, 1.54) is 17.5 Å². The second-order valence-electron chi connectivity index (χ2n) is 6.10. The Morgan fingerprint density at radius 1 is 1.22 bits per heavy atom. The van der Waals surface area contributed by atoms with E-state index in [4.69, 9.17) is 0 Å². The van der Waals surface area contributed by atoms with Gasteiger partial charge in [0.1, 0.15) is 5.78 Å². The van der Waals surface area contributed by atoms with Gasteiger partial charge in [-0.1, -0.05) is 43.7 Å². The monoisotopic (exact) mass is 244 g/mol. The highest BCUT2D eigenvalue weighted by molar-refractivity contribution is 5.83. The van der Waals surface area contributed by atoms with Crippen LogP contribution in [0, 0.1) is 24.7 Å². The molecule has 0 bridgehead atoms. The topological polar surface area (TPSA) is 17.1 Å². The number of Topliss-reactive ketones (excluding diaryl/α,β-unsaturated/α-hetero) is 1. The minimum Gasteiger partial charge on any atom is -0.299 e. The van der Waals surface area contributed by atoms with Crippen LogP contribution in [0.5, 0.6) is 0 Å². The van der Waals surface area contributed by atoms with Gasteiger partial charge in [0, 0.05) is 12.3 Å². The van der Waals surface area contributed by atoms with E-state index in [1.54, 1.807) is 0 Å². The maximum Gasteiger partial charge on any atom is 0.140 e. The van der Waals surface area contributed by atoms with Crippen molar-refractivity contribution in [2.75, 3.05) is 0 Å². The molecule has 0 amide bonds. The second-order valence-corrected chi connectivity index (χ2v) is 6.10. The lowest BCUT2D eigenvalue weighted by atomic mass is 9.73. The van der Waals surface area contributed by atoms with Gasteiger partial charge in [-0.15, -0.1) is 0 Å². The summed E-state index contributed by atoms with van der Waals surface area (Å²) in [5.74, 6) is 2.23. The molecule has 1 heteroatoms. The van der Waals surface area contributed by atoms with E-state index in [0.717, 1.165) is 18.8 Å². The molecular formula is C17H24O. The normalized spacial score (nSPS) is 28.1. The van der Waals surface area contributed by atoms with E-state index in [2.05, 4.69) is 39.0 Å². The van der Waals surface area contributed by atoms with Crippen LogP contribution in [0.15, 0.2) is 24.3 Å². The average Bonchev–Trinajstić information content (AvgIpc) is 2.32. The third-order valence-electron chi connectivity index (χ3n) is 4.51. The third kappa shape index (κ3) is 3.22. The van der Waals surface area contributed by atoms with Crippen LogP contribution >= 0.6 is 0 Å². The summed E-state index contributed by atoms with van der Waals surface area (Å²) in [4.78, 5) is 12.3. The lowest BCUT2D eigenvalue weighted by Crippen LogP contribution is -2.27. The SMILES string of the molecule is Cc1cccc(CC(=O)C2CCC(C)C(C)C2)c1. The zero-order chi connectivity index (χ0) is 13.1. The quantitative estimate of drug-likeness (QED) is 0.779. The van der Waals surface area contributed by atoms with Crippen LogP contribution in [0.4, 0.5) is 0 Å². The van der Waals surface area contributed by atoms with Crippen molar-refractivity contribution in [3.8, 4) is 0 Å². The van der Waals surface area contributed by atoms with Gasteiger partial charge in [-0.2, -0.15) is 0 Å². The van der Waals surface area contributed by atoms with Gasteiger partial charge in [-0.05, 0) is 43.6 Å². The summed E-state index contributed by atoms with van der Waals surface area (Å²) in [5, 5.41) is 0. The van der Waals surface area contributed by atoms with Gasteiger partial charge in [0.2, 0.25) is 0 Å². The highest BCUT2D eigenvalue weighted by atomic mass is 16.1. The Hall–Kier alpha value is -1.11. The lowest BCUT2D eigenvalue weighted by molar-refractivity contribution is -0.123. The molecule has 1 saturated carbocycles. The molecule has 0 saturated heterocycles. The van der Waals surface area contributed by atoms with Gasteiger partial charge in [0.05, 0.1) is 0 Å². The first-order valence-electron chi connectivity index (χ1n) is 7.14. The molecule has 0 spiro atoms. The van der Waals surface area contributed by atoms with Crippen molar-refractivity contribution in [3.05, 3.63) is 35.4 Å². The summed E-state index contributed by atoms with van der Waals surface area (Å²) in [6.07, 6.45) is 4.01. The first-order chi connectivity index (χ1) is 8.56. The average molecular weight is 244 g/mol. The summed E-state index contributed by atoms with van der Waals surface area (Å²) >= 11 is 0. The van der Waals surface area contributed by atoms with E-state index in [-0.39, 0.29) is 0 Å². The van der Waals surface area contributed by atoms with Crippen molar-refractivity contribution in [1.82, 2.24) is 0 Å². The molecule has 0 heterocycles. The van der Waals surface area contributed by atoms with Crippen LogP contribution < -0.4 is 0 Å². The van der Waals surface area contributed by atoms with Crippen molar-refractivity contribution in [2.24, 2.45) is 17.8 Å². The summed E-state index contributed by atoms with van der Waals surface area (Å²) in [6, 6.07) is 8.33. The highest BCUT2D eigenvalue weighted by Crippen LogP contribution is 2.34. The summed E-state index contributed by atoms with van der Waals surface area (Å²) in [5.41, 5.74) is 2.41. The number of carbonyl (C=O) groups is 1. The molecule has 1 aromatic carbocycles. The number of aryl methyl sites for hydroxylation is 1. The fourth-order valence-electron chi connectivity index (χ4n) is 3.01. The number of ketones is 1. The Morgan fingerprint density at radius 2 is 2.00 bits per heavy atom. The molecule has 0 radical (unpaired) electrons. The lowest BCUT2D eigenvalue weighted by Gasteiger charge is -2.31. The molecule has 3 unspecified atom stereocenters. The Morgan fingerprint density at radius 3 is 2.67 bits per heavy atom. The molecular weight excluding hydrogens is 220 g/mol. The van der Waals surface area contributed by atoms with Crippen LogP contribution in [-0.4, -0.2) is 5.78 Å². The number of benzene rings is 1. The second kappa shape index (κ2) is 5.69. The molecule has 1 aliphatic rings. The van der Waals surface area contributed by atoms with Crippen molar-refractivity contribution in [1.29, 1.82) is 0 Å². The van der Waals surface area contributed by atoms with Gasteiger partial charge in [0.25, 0.3) is 0 Å². The van der Waals surface area contributed by atoms with E-state index >= 15 is 0 Å². The molecule has 1 nitrogen and oxygen atoms in total. The molecule has 3 atom stereocenters.